The van der Waals surface area contributed by atoms with Gasteiger partial charge >= 0.3 is 5.97 Å². The number of aromatic amines is 1. The Morgan fingerprint density at radius 1 is 1.18 bits per heavy atom. The molecule has 0 saturated carbocycles. The molecule has 4 rings (SSSR count). The molecule has 9 heteroatoms. The van der Waals surface area contributed by atoms with Crippen molar-refractivity contribution in [2.45, 2.75) is 19.0 Å². The van der Waals surface area contributed by atoms with E-state index in [1.54, 1.807) is 37.6 Å². The lowest BCUT2D eigenvalue weighted by Gasteiger charge is -2.15. The average Bonchev–Trinajstić information content (AvgIpc) is 3.23. The van der Waals surface area contributed by atoms with E-state index in [4.69, 9.17) is 4.74 Å². The summed E-state index contributed by atoms with van der Waals surface area (Å²) in [5.41, 5.74) is 2.44. The number of aliphatic carboxylic acids is 1. The van der Waals surface area contributed by atoms with E-state index in [1.165, 1.54) is 10.8 Å². The molecule has 1 atom stereocenters. The molecular weight excluding hydrogens is 424 g/mol. The van der Waals surface area contributed by atoms with Crippen molar-refractivity contribution < 1.29 is 19.4 Å². The molecule has 2 aromatic carbocycles. The third-order valence-corrected chi connectivity index (χ3v) is 5.31. The van der Waals surface area contributed by atoms with Gasteiger partial charge in [0.1, 0.15) is 18.3 Å². The van der Waals surface area contributed by atoms with E-state index in [2.05, 4.69) is 15.3 Å². The number of benzene rings is 2. The first-order chi connectivity index (χ1) is 15.9. The van der Waals surface area contributed by atoms with Crippen molar-refractivity contribution in [2.75, 3.05) is 7.11 Å². The normalized spacial score (nSPS) is 11.8. The maximum atomic E-state index is 12.6. The van der Waals surface area contributed by atoms with Crippen molar-refractivity contribution in [3.05, 3.63) is 83.0 Å². The number of carboxylic acid groups (broad SMARTS) is 1. The summed E-state index contributed by atoms with van der Waals surface area (Å²) in [6.07, 6.45) is 4.45. The van der Waals surface area contributed by atoms with Gasteiger partial charge in [0.25, 0.3) is 5.56 Å². The molecule has 9 nitrogen and oxygen atoms in total. The van der Waals surface area contributed by atoms with Crippen LogP contribution in [0.5, 0.6) is 5.75 Å². The number of amides is 1. The zero-order chi connectivity index (χ0) is 23.4. The quantitative estimate of drug-likeness (QED) is 0.381. The van der Waals surface area contributed by atoms with E-state index in [9.17, 15) is 19.5 Å². The Kier molecular flexibility index (Phi) is 6.21. The number of carbonyl (C=O) groups excluding carboxylic acids is 1. The van der Waals surface area contributed by atoms with E-state index < -0.39 is 23.5 Å². The van der Waals surface area contributed by atoms with E-state index >= 15 is 0 Å². The summed E-state index contributed by atoms with van der Waals surface area (Å²) in [5.74, 6) is -1.06. The molecule has 1 amide bonds. The second kappa shape index (κ2) is 9.39. The number of carboxylic acids is 1. The van der Waals surface area contributed by atoms with Crippen molar-refractivity contribution in [1.82, 2.24) is 19.9 Å². The van der Waals surface area contributed by atoms with Crippen LogP contribution in [0.2, 0.25) is 0 Å². The van der Waals surface area contributed by atoms with Crippen LogP contribution in [-0.2, 0) is 22.6 Å². The Labute approximate surface area is 188 Å². The van der Waals surface area contributed by atoms with Crippen LogP contribution in [0.4, 0.5) is 0 Å². The highest BCUT2D eigenvalue weighted by molar-refractivity contribution is 5.86. The number of para-hydroxylation sites is 1. The fraction of sp³-hybridized carbons (Fsp3) is 0.167. The maximum Gasteiger partial charge on any atom is 0.326 e. The fourth-order valence-electron chi connectivity index (χ4n) is 3.59. The Bertz CT molecular complexity index is 1360. The number of nitrogens with one attached hydrogen (secondary N) is 2. The molecule has 0 bridgehead atoms. The molecule has 0 radical (unpaired) electrons. The maximum absolute atomic E-state index is 12.6. The van der Waals surface area contributed by atoms with Gasteiger partial charge in [0, 0.05) is 35.3 Å². The number of hydrogen-bond donors (Lipinski definition) is 3. The number of H-pyrrole nitrogens is 1. The van der Waals surface area contributed by atoms with Crippen LogP contribution in [-0.4, -0.2) is 44.7 Å². The van der Waals surface area contributed by atoms with Crippen molar-refractivity contribution in [3.63, 3.8) is 0 Å². The van der Waals surface area contributed by atoms with Crippen LogP contribution in [0.15, 0.2) is 71.9 Å². The third kappa shape index (κ3) is 4.93. The Morgan fingerprint density at radius 3 is 2.67 bits per heavy atom. The van der Waals surface area contributed by atoms with Gasteiger partial charge in [-0.2, -0.15) is 0 Å². The summed E-state index contributed by atoms with van der Waals surface area (Å²) in [7, 11) is 1.56. The van der Waals surface area contributed by atoms with E-state index in [-0.39, 0.29) is 13.0 Å². The molecular formula is C24H22N4O5. The number of nitrogens with zero attached hydrogens (tertiary/aromatic N) is 2. The smallest absolute Gasteiger partial charge is 0.326 e. The van der Waals surface area contributed by atoms with Gasteiger partial charge in [0.15, 0.2) is 0 Å². The summed E-state index contributed by atoms with van der Waals surface area (Å²) in [4.78, 5) is 43.9. The second-order valence-electron chi connectivity index (χ2n) is 7.49. The first kappa shape index (κ1) is 21.8. The van der Waals surface area contributed by atoms with Gasteiger partial charge in [-0.3, -0.25) is 9.59 Å². The van der Waals surface area contributed by atoms with Crippen molar-refractivity contribution >= 4 is 22.8 Å². The lowest BCUT2D eigenvalue weighted by molar-refractivity contribution is -0.141. The predicted octanol–water partition coefficient (Wildman–Crippen LogP) is 2.21. The zero-order valence-corrected chi connectivity index (χ0v) is 17.8. The van der Waals surface area contributed by atoms with Gasteiger partial charge < -0.3 is 24.7 Å². The summed E-state index contributed by atoms with van der Waals surface area (Å²) in [6, 6.07) is 13.5. The highest BCUT2D eigenvalue weighted by Crippen LogP contribution is 2.20. The number of fused-ring (bicyclic) bond motifs is 1. The minimum absolute atomic E-state index is 0.105. The van der Waals surface area contributed by atoms with Gasteiger partial charge in [-0.15, -0.1) is 0 Å². The SMILES string of the molecule is COc1ccc(-c2cn(CC(=O)NC(Cc3c[nH]c4ccccc34)C(=O)O)c(=O)cn2)cc1. The Hall–Kier alpha value is -4.40. The molecule has 0 spiro atoms. The molecule has 4 aromatic rings. The monoisotopic (exact) mass is 446 g/mol. The molecule has 0 aliphatic rings. The first-order valence-corrected chi connectivity index (χ1v) is 10.2. The molecule has 0 saturated heterocycles. The van der Waals surface area contributed by atoms with Crippen LogP contribution in [0, 0.1) is 0 Å². The summed E-state index contributed by atoms with van der Waals surface area (Å²) >= 11 is 0. The zero-order valence-electron chi connectivity index (χ0n) is 17.8. The molecule has 0 aliphatic heterocycles. The predicted molar refractivity (Wildman–Crippen MR) is 122 cm³/mol. The number of carbonyl (C=O) groups is 2. The van der Waals surface area contributed by atoms with Gasteiger partial charge in [-0.1, -0.05) is 18.2 Å². The lowest BCUT2D eigenvalue weighted by atomic mass is 10.0. The molecule has 3 N–H and O–H groups in total. The highest BCUT2D eigenvalue weighted by Gasteiger charge is 2.22. The van der Waals surface area contributed by atoms with Crippen molar-refractivity contribution in [2.24, 2.45) is 0 Å². The largest absolute Gasteiger partial charge is 0.497 e. The van der Waals surface area contributed by atoms with Crippen LogP contribution in [0.25, 0.3) is 22.2 Å². The molecule has 0 fully saturated rings. The van der Waals surface area contributed by atoms with Gasteiger partial charge in [0.05, 0.1) is 19.0 Å². The first-order valence-electron chi connectivity index (χ1n) is 10.2. The summed E-state index contributed by atoms with van der Waals surface area (Å²) < 4.78 is 6.34. The molecule has 33 heavy (non-hydrogen) atoms. The van der Waals surface area contributed by atoms with E-state index in [1.807, 2.05) is 24.3 Å². The number of methoxy groups -OCH3 is 1. The fourth-order valence-corrected chi connectivity index (χ4v) is 3.59. The number of aromatic nitrogens is 3. The molecule has 1 unspecified atom stereocenters. The number of ether oxygens (including phenoxy) is 1. The van der Waals surface area contributed by atoms with Crippen molar-refractivity contribution in [3.8, 4) is 17.0 Å². The van der Waals surface area contributed by atoms with E-state index in [0.29, 0.717) is 11.4 Å². The minimum Gasteiger partial charge on any atom is -0.497 e. The number of rotatable bonds is 8. The van der Waals surface area contributed by atoms with Gasteiger partial charge in [0.2, 0.25) is 5.91 Å². The molecule has 2 aromatic heterocycles. The number of hydrogen-bond acceptors (Lipinski definition) is 5. The standard InChI is InChI=1S/C24H22N4O5/c1-33-17-8-6-15(7-9-17)21-13-28(23(30)12-26-21)14-22(29)27-20(24(31)32)10-16-11-25-19-5-3-2-4-18(16)19/h2-9,11-13,20,25H,10,14H2,1H3,(H,27,29)(H,31,32). The van der Waals surface area contributed by atoms with Crippen LogP contribution in [0.3, 0.4) is 0 Å². The van der Waals surface area contributed by atoms with Gasteiger partial charge in [-0.05, 0) is 35.9 Å². The second-order valence-corrected chi connectivity index (χ2v) is 7.49. The van der Waals surface area contributed by atoms with Crippen LogP contribution >= 0.6 is 0 Å². The topological polar surface area (TPSA) is 126 Å². The van der Waals surface area contributed by atoms with Crippen molar-refractivity contribution in [1.29, 1.82) is 0 Å². The van der Waals surface area contributed by atoms with Crippen LogP contribution in [0.1, 0.15) is 5.56 Å². The van der Waals surface area contributed by atoms with E-state index in [0.717, 1.165) is 28.2 Å². The summed E-state index contributed by atoms with van der Waals surface area (Å²) in [6.45, 7) is -0.331. The van der Waals surface area contributed by atoms with Gasteiger partial charge in [-0.25, -0.2) is 9.78 Å². The lowest BCUT2D eigenvalue weighted by Crippen LogP contribution is -2.44. The Morgan fingerprint density at radius 2 is 1.94 bits per heavy atom. The molecule has 2 heterocycles. The van der Waals surface area contributed by atoms with Crippen LogP contribution < -0.4 is 15.6 Å². The molecule has 168 valence electrons. The highest BCUT2D eigenvalue weighted by atomic mass is 16.5. The average molecular weight is 446 g/mol. The third-order valence-electron chi connectivity index (χ3n) is 5.31. The summed E-state index contributed by atoms with van der Waals surface area (Å²) in [5, 5.41) is 13.1. The Balaban J connectivity index is 1.49. The minimum atomic E-state index is -1.16. The molecule has 0 aliphatic carbocycles.